The van der Waals surface area contributed by atoms with Crippen LogP contribution in [0.2, 0.25) is 0 Å². The minimum atomic E-state index is -4.33. The average molecular weight is 112 g/mol. The lowest BCUT2D eigenvalue weighted by Crippen LogP contribution is -2.08. The highest BCUT2D eigenvalue weighted by Gasteiger charge is 2.46. The van der Waals surface area contributed by atoms with E-state index >= 15 is 0 Å². The first-order valence-electron chi connectivity index (χ1n) is 2.91. The summed E-state index contributed by atoms with van der Waals surface area (Å²) < 4.78 is 47.7. The van der Waals surface area contributed by atoms with E-state index in [2.05, 4.69) is 0 Å². The molecule has 1 rings (SSSR count). The van der Waals surface area contributed by atoms with Crippen LogP contribution < -0.4 is 0 Å². The van der Waals surface area contributed by atoms with E-state index in [1.165, 1.54) is 0 Å². The SMILES string of the molecule is [2H]C1([2H])CC1C(F)(F)F. The second-order valence-corrected chi connectivity index (χ2v) is 1.50. The van der Waals surface area contributed by atoms with Crippen LogP contribution in [0, 0.1) is 5.92 Å². The number of halogens is 3. The van der Waals surface area contributed by atoms with Crippen LogP contribution in [0.3, 0.4) is 0 Å². The zero-order valence-corrected chi connectivity index (χ0v) is 3.42. The zero-order valence-electron chi connectivity index (χ0n) is 5.42. The third-order valence-electron chi connectivity index (χ3n) is 0.803. The van der Waals surface area contributed by atoms with E-state index in [0.29, 0.717) is 0 Å². The molecular formula is C4H5F3. The molecule has 0 bridgehead atoms. The predicted octanol–water partition coefficient (Wildman–Crippen LogP) is 1.96. The molecule has 1 unspecified atom stereocenters. The lowest BCUT2D eigenvalue weighted by molar-refractivity contribution is -0.147. The number of hydrogen-bond acceptors (Lipinski definition) is 0. The van der Waals surface area contributed by atoms with Crippen molar-refractivity contribution < 1.29 is 15.9 Å². The third-order valence-corrected chi connectivity index (χ3v) is 0.803. The molecule has 0 heterocycles. The fourth-order valence-electron chi connectivity index (χ4n) is 0.290. The molecule has 1 aliphatic carbocycles. The van der Waals surface area contributed by atoms with E-state index in [9.17, 15) is 13.2 Å². The fraction of sp³-hybridized carbons (Fsp3) is 1.00. The van der Waals surface area contributed by atoms with Gasteiger partial charge in [-0.3, -0.25) is 0 Å². The molecule has 0 nitrogen and oxygen atoms in total. The number of alkyl halides is 3. The summed E-state index contributed by atoms with van der Waals surface area (Å²) in [5, 5.41) is 0. The Labute approximate surface area is 42.1 Å². The Morgan fingerprint density at radius 2 is 2.00 bits per heavy atom. The van der Waals surface area contributed by atoms with Gasteiger partial charge < -0.3 is 0 Å². The summed E-state index contributed by atoms with van der Waals surface area (Å²) in [6.45, 7) is 0. The molecule has 1 aliphatic rings. The maximum Gasteiger partial charge on any atom is 0.391 e. The monoisotopic (exact) mass is 112 g/mol. The highest BCUT2D eigenvalue weighted by molar-refractivity contribution is 4.79. The standard InChI is InChI=1S/C4H5F3/c5-4(6,7)3-1-2-3/h3H,1-2H2/i1D2. The molecule has 0 aromatic rings. The number of hydrogen-bond donors (Lipinski definition) is 0. The summed E-state index contributed by atoms with van der Waals surface area (Å²) in [4.78, 5) is 0. The van der Waals surface area contributed by atoms with Crippen molar-refractivity contribution in [2.45, 2.75) is 19.0 Å². The van der Waals surface area contributed by atoms with Crippen LogP contribution in [0.25, 0.3) is 0 Å². The normalized spacial score (nSPS) is 41.9. The molecular weight excluding hydrogens is 105 g/mol. The van der Waals surface area contributed by atoms with Crippen LogP contribution in [0.1, 0.15) is 15.5 Å². The summed E-state index contributed by atoms with van der Waals surface area (Å²) in [6.07, 6.45) is -6.67. The van der Waals surface area contributed by atoms with Crippen molar-refractivity contribution in [3.63, 3.8) is 0 Å². The topological polar surface area (TPSA) is 0 Å². The minimum Gasteiger partial charge on any atom is -0.171 e. The summed E-state index contributed by atoms with van der Waals surface area (Å²) in [6, 6.07) is 0. The average Bonchev–Trinajstić information content (AvgIpc) is 2.10. The van der Waals surface area contributed by atoms with Crippen molar-refractivity contribution >= 4 is 0 Å². The molecule has 7 heavy (non-hydrogen) atoms. The van der Waals surface area contributed by atoms with Crippen LogP contribution >= 0.6 is 0 Å². The van der Waals surface area contributed by atoms with Gasteiger partial charge in [-0.1, -0.05) is 0 Å². The van der Waals surface area contributed by atoms with E-state index in [1.54, 1.807) is 0 Å². The van der Waals surface area contributed by atoms with Gasteiger partial charge in [0.1, 0.15) is 0 Å². The molecule has 0 N–H and O–H groups in total. The van der Waals surface area contributed by atoms with Crippen molar-refractivity contribution in [3.8, 4) is 0 Å². The van der Waals surface area contributed by atoms with Crippen molar-refractivity contribution in [2.75, 3.05) is 0 Å². The van der Waals surface area contributed by atoms with Gasteiger partial charge in [-0.25, -0.2) is 0 Å². The van der Waals surface area contributed by atoms with Crippen molar-refractivity contribution in [2.24, 2.45) is 5.92 Å². The van der Waals surface area contributed by atoms with Gasteiger partial charge in [-0.2, -0.15) is 13.2 Å². The Kier molecular flexibility index (Phi) is 0.480. The zero-order chi connectivity index (χ0) is 7.28. The Balaban J connectivity index is 2.52. The predicted molar refractivity (Wildman–Crippen MR) is 18.8 cm³/mol. The second-order valence-electron chi connectivity index (χ2n) is 1.50. The molecule has 0 amide bonds. The number of rotatable bonds is 0. The largest absolute Gasteiger partial charge is 0.391 e. The highest BCUT2D eigenvalue weighted by atomic mass is 19.4. The van der Waals surface area contributed by atoms with Gasteiger partial charge >= 0.3 is 6.18 Å². The lowest BCUT2D eigenvalue weighted by Gasteiger charge is -1.99. The van der Waals surface area contributed by atoms with Crippen LogP contribution in [0.5, 0.6) is 0 Å². The van der Waals surface area contributed by atoms with Crippen LogP contribution in [0.15, 0.2) is 0 Å². The van der Waals surface area contributed by atoms with Crippen LogP contribution in [-0.4, -0.2) is 6.18 Å². The van der Waals surface area contributed by atoms with E-state index < -0.39 is 18.5 Å². The summed E-state index contributed by atoms with van der Waals surface area (Å²) in [7, 11) is 0. The first-order valence-corrected chi connectivity index (χ1v) is 1.91. The molecule has 0 radical (unpaired) electrons. The smallest absolute Gasteiger partial charge is 0.171 e. The lowest BCUT2D eigenvalue weighted by atomic mass is 10.4. The first kappa shape index (κ1) is 2.95. The molecule has 1 fully saturated rings. The summed E-state index contributed by atoms with van der Waals surface area (Å²) in [5.74, 6) is -1.70. The van der Waals surface area contributed by atoms with Crippen molar-refractivity contribution in [3.05, 3.63) is 0 Å². The third kappa shape index (κ3) is 1.08. The van der Waals surface area contributed by atoms with Crippen LogP contribution in [0.4, 0.5) is 13.2 Å². The Morgan fingerprint density at radius 1 is 1.57 bits per heavy atom. The first-order chi connectivity index (χ1) is 3.84. The maximum absolute atomic E-state index is 11.5. The Hall–Kier alpha value is -0.210. The minimum absolute atomic E-state index is 0.365. The Morgan fingerprint density at radius 3 is 2.00 bits per heavy atom. The fourth-order valence-corrected chi connectivity index (χ4v) is 0.290. The summed E-state index contributed by atoms with van der Waals surface area (Å²) in [5.41, 5.74) is 0. The molecule has 0 aromatic carbocycles. The van der Waals surface area contributed by atoms with Gasteiger partial charge in [0, 0.05) is 2.74 Å². The maximum atomic E-state index is 11.5. The molecule has 3 heteroatoms. The molecule has 0 spiro atoms. The van der Waals surface area contributed by atoms with Gasteiger partial charge in [0.05, 0.1) is 5.92 Å². The van der Waals surface area contributed by atoms with Gasteiger partial charge in [-0.05, 0) is 12.8 Å². The van der Waals surface area contributed by atoms with Crippen molar-refractivity contribution in [1.82, 2.24) is 0 Å². The quantitative estimate of drug-likeness (QED) is 0.449. The molecule has 0 aromatic heterocycles. The molecule has 1 atom stereocenters. The van der Waals surface area contributed by atoms with E-state index in [-0.39, 0.29) is 6.42 Å². The highest BCUT2D eigenvalue weighted by Crippen LogP contribution is 2.43. The summed E-state index contributed by atoms with van der Waals surface area (Å²) >= 11 is 0. The van der Waals surface area contributed by atoms with Gasteiger partial charge in [-0.15, -0.1) is 0 Å². The molecule has 42 valence electrons. The van der Waals surface area contributed by atoms with E-state index in [1.807, 2.05) is 0 Å². The second kappa shape index (κ2) is 1.14. The van der Waals surface area contributed by atoms with Gasteiger partial charge in [0.15, 0.2) is 0 Å². The van der Waals surface area contributed by atoms with E-state index in [0.717, 1.165) is 0 Å². The molecule has 1 saturated carbocycles. The van der Waals surface area contributed by atoms with Crippen molar-refractivity contribution in [1.29, 1.82) is 0 Å². The van der Waals surface area contributed by atoms with Gasteiger partial charge in [0.25, 0.3) is 0 Å². The van der Waals surface area contributed by atoms with E-state index in [4.69, 9.17) is 2.74 Å². The van der Waals surface area contributed by atoms with Gasteiger partial charge in [0.2, 0.25) is 0 Å². The van der Waals surface area contributed by atoms with Crippen LogP contribution in [-0.2, 0) is 0 Å². The Bertz CT molecular complexity index is 128. The molecule has 0 aliphatic heterocycles. The molecule has 0 saturated heterocycles.